The van der Waals surface area contributed by atoms with E-state index in [4.69, 9.17) is 10.8 Å². The van der Waals surface area contributed by atoms with E-state index in [-0.39, 0.29) is 6.54 Å². The Morgan fingerprint density at radius 2 is 1.96 bits per heavy atom. The van der Waals surface area contributed by atoms with Gasteiger partial charge < -0.3 is 36.6 Å². The monoisotopic (exact) mass is 360 g/mol. The number of aliphatic carboxylic acids is 1. The number of carboxylic acid groups (broad SMARTS) is 1. The molecule has 25 heavy (non-hydrogen) atoms. The summed E-state index contributed by atoms with van der Waals surface area (Å²) >= 11 is 0. The van der Waals surface area contributed by atoms with Crippen LogP contribution in [0.5, 0.6) is 0 Å². The second-order valence-electron chi connectivity index (χ2n) is 5.81. The second kappa shape index (κ2) is 9.30. The largest absolute Gasteiger partial charge is 0.480 e. The van der Waals surface area contributed by atoms with Gasteiger partial charge in [0.1, 0.15) is 24.7 Å². The van der Waals surface area contributed by atoms with Gasteiger partial charge in [-0.15, -0.1) is 0 Å². The molecule has 1 fully saturated rings. The first-order valence-corrected chi connectivity index (χ1v) is 7.83. The van der Waals surface area contributed by atoms with E-state index in [1.807, 2.05) is 0 Å². The van der Waals surface area contributed by atoms with Gasteiger partial charge in [0, 0.05) is 6.54 Å². The van der Waals surface area contributed by atoms with Gasteiger partial charge in [0.05, 0.1) is 12.7 Å². The second-order valence-corrected chi connectivity index (χ2v) is 5.81. The molecule has 1 heterocycles. The molecular formula is C14H24N4O7. The predicted molar refractivity (Wildman–Crippen MR) is 84.1 cm³/mol. The lowest BCUT2D eigenvalue weighted by atomic mass is 10.1. The Hall–Kier alpha value is -2.24. The average Bonchev–Trinajstić information content (AvgIpc) is 3.05. The molecule has 142 valence electrons. The summed E-state index contributed by atoms with van der Waals surface area (Å²) in [7, 11) is 0. The summed E-state index contributed by atoms with van der Waals surface area (Å²) in [5.41, 5.74) is 5.47. The predicted octanol–water partition coefficient (Wildman–Crippen LogP) is -3.64. The van der Waals surface area contributed by atoms with Crippen LogP contribution < -0.4 is 16.4 Å². The van der Waals surface area contributed by atoms with E-state index in [1.165, 1.54) is 11.8 Å². The summed E-state index contributed by atoms with van der Waals surface area (Å²) in [6.07, 6.45) is -0.275. The van der Waals surface area contributed by atoms with Crippen molar-refractivity contribution in [3.8, 4) is 0 Å². The van der Waals surface area contributed by atoms with Crippen molar-refractivity contribution in [2.45, 2.75) is 44.0 Å². The summed E-state index contributed by atoms with van der Waals surface area (Å²) in [4.78, 5) is 48.1. The van der Waals surface area contributed by atoms with Gasteiger partial charge in [-0.3, -0.25) is 19.2 Å². The third kappa shape index (κ3) is 5.66. The Bertz CT molecular complexity index is 525. The Balaban J connectivity index is 2.75. The van der Waals surface area contributed by atoms with Crippen molar-refractivity contribution in [2.24, 2.45) is 5.73 Å². The SMILES string of the molecule is CC(O)C(N)C(=O)NC(CO)C(=O)N1CCCC1C(=O)NCC(=O)O. The topological polar surface area (TPSA) is 182 Å². The zero-order valence-electron chi connectivity index (χ0n) is 13.8. The summed E-state index contributed by atoms with van der Waals surface area (Å²) < 4.78 is 0. The van der Waals surface area contributed by atoms with Gasteiger partial charge >= 0.3 is 5.97 Å². The molecule has 7 N–H and O–H groups in total. The van der Waals surface area contributed by atoms with Crippen LogP contribution in [-0.4, -0.2) is 87.8 Å². The number of nitrogens with one attached hydrogen (secondary N) is 2. The van der Waals surface area contributed by atoms with Crippen LogP contribution in [0.25, 0.3) is 0 Å². The molecule has 1 aliphatic rings. The van der Waals surface area contributed by atoms with Crippen LogP contribution in [0.2, 0.25) is 0 Å². The van der Waals surface area contributed by atoms with Crippen molar-refractivity contribution < 1.29 is 34.5 Å². The van der Waals surface area contributed by atoms with Gasteiger partial charge in [-0.05, 0) is 19.8 Å². The number of amides is 3. The molecule has 3 amide bonds. The van der Waals surface area contributed by atoms with Crippen LogP contribution in [-0.2, 0) is 19.2 Å². The van der Waals surface area contributed by atoms with Gasteiger partial charge in [0.2, 0.25) is 17.7 Å². The Labute approximate surface area is 144 Å². The van der Waals surface area contributed by atoms with Crippen molar-refractivity contribution in [1.82, 2.24) is 15.5 Å². The van der Waals surface area contributed by atoms with Crippen molar-refractivity contribution >= 4 is 23.7 Å². The standard InChI is InChI=1S/C14H24N4O7/c1-7(20)11(15)13(24)17-8(6-19)14(25)18-4-2-3-9(18)12(23)16-5-10(21)22/h7-9,11,19-20H,2-6,15H2,1H3,(H,16,23)(H,17,24)(H,21,22). The number of nitrogens with zero attached hydrogens (tertiary/aromatic N) is 1. The lowest BCUT2D eigenvalue weighted by Gasteiger charge is -2.28. The quantitative estimate of drug-likeness (QED) is 0.256. The Morgan fingerprint density at radius 1 is 1.32 bits per heavy atom. The van der Waals surface area contributed by atoms with Crippen LogP contribution in [0, 0.1) is 0 Å². The Kier molecular flexibility index (Phi) is 7.74. The maximum Gasteiger partial charge on any atom is 0.322 e. The zero-order valence-corrected chi connectivity index (χ0v) is 13.8. The molecule has 0 aliphatic carbocycles. The number of nitrogens with two attached hydrogens (primary N) is 1. The molecule has 0 radical (unpaired) electrons. The highest BCUT2D eigenvalue weighted by Gasteiger charge is 2.38. The zero-order chi connectivity index (χ0) is 19.1. The van der Waals surface area contributed by atoms with Crippen LogP contribution in [0.15, 0.2) is 0 Å². The lowest BCUT2D eigenvalue weighted by Crippen LogP contribution is -2.58. The van der Waals surface area contributed by atoms with Crippen molar-refractivity contribution in [3.63, 3.8) is 0 Å². The lowest BCUT2D eigenvalue weighted by molar-refractivity contribution is -0.143. The molecule has 1 saturated heterocycles. The van der Waals surface area contributed by atoms with Crippen LogP contribution in [0.1, 0.15) is 19.8 Å². The van der Waals surface area contributed by atoms with Gasteiger partial charge in [0.25, 0.3) is 0 Å². The molecule has 0 aromatic heterocycles. The van der Waals surface area contributed by atoms with E-state index < -0.39 is 61.1 Å². The summed E-state index contributed by atoms with van der Waals surface area (Å²) in [5.74, 6) is -3.32. The Morgan fingerprint density at radius 3 is 2.48 bits per heavy atom. The number of aliphatic hydroxyl groups excluding tert-OH is 2. The molecule has 4 atom stereocenters. The maximum atomic E-state index is 12.5. The van der Waals surface area contributed by atoms with Crippen molar-refractivity contribution in [3.05, 3.63) is 0 Å². The minimum Gasteiger partial charge on any atom is -0.480 e. The van der Waals surface area contributed by atoms with Crippen LogP contribution in [0.3, 0.4) is 0 Å². The molecule has 4 unspecified atom stereocenters. The fourth-order valence-corrected chi connectivity index (χ4v) is 2.46. The molecule has 0 aromatic rings. The smallest absolute Gasteiger partial charge is 0.322 e. The van der Waals surface area contributed by atoms with Crippen LogP contribution >= 0.6 is 0 Å². The molecule has 0 aromatic carbocycles. The molecule has 11 nitrogen and oxygen atoms in total. The van der Waals surface area contributed by atoms with E-state index in [2.05, 4.69) is 10.6 Å². The van der Waals surface area contributed by atoms with E-state index in [1.54, 1.807) is 0 Å². The molecule has 1 rings (SSSR count). The third-order valence-corrected chi connectivity index (χ3v) is 3.87. The highest BCUT2D eigenvalue weighted by atomic mass is 16.4. The van der Waals surface area contributed by atoms with Gasteiger partial charge in [-0.1, -0.05) is 0 Å². The number of carbonyl (C=O) groups excluding carboxylic acids is 3. The number of aliphatic hydroxyl groups is 2. The number of carboxylic acids is 1. The molecule has 0 saturated carbocycles. The number of likely N-dealkylation sites (tertiary alicyclic amines) is 1. The van der Waals surface area contributed by atoms with E-state index in [0.29, 0.717) is 12.8 Å². The first-order valence-electron chi connectivity index (χ1n) is 7.83. The summed E-state index contributed by atoms with van der Waals surface area (Å²) in [5, 5.41) is 31.7. The van der Waals surface area contributed by atoms with E-state index in [0.717, 1.165) is 0 Å². The van der Waals surface area contributed by atoms with Crippen molar-refractivity contribution in [2.75, 3.05) is 19.7 Å². The summed E-state index contributed by atoms with van der Waals surface area (Å²) in [6.45, 7) is 0.264. The molecule has 0 spiro atoms. The normalized spacial score (nSPS) is 20.5. The molecule has 1 aliphatic heterocycles. The third-order valence-electron chi connectivity index (χ3n) is 3.87. The van der Waals surface area contributed by atoms with E-state index >= 15 is 0 Å². The highest BCUT2D eigenvalue weighted by molar-refractivity contribution is 5.94. The van der Waals surface area contributed by atoms with Gasteiger partial charge in [-0.2, -0.15) is 0 Å². The molecule has 0 bridgehead atoms. The number of rotatable bonds is 8. The van der Waals surface area contributed by atoms with Crippen molar-refractivity contribution in [1.29, 1.82) is 0 Å². The average molecular weight is 360 g/mol. The fraction of sp³-hybridized carbons (Fsp3) is 0.714. The molecular weight excluding hydrogens is 336 g/mol. The first kappa shape index (κ1) is 20.8. The van der Waals surface area contributed by atoms with Crippen LogP contribution in [0.4, 0.5) is 0 Å². The first-order chi connectivity index (χ1) is 11.7. The van der Waals surface area contributed by atoms with E-state index in [9.17, 15) is 29.4 Å². The minimum absolute atomic E-state index is 0.235. The fourth-order valence-electron chi connectivity index (χ4n) is 2.46. The minimum atomic E-state index is -1.31. The number of carbonyl (C=O) groups is 4. The maximum absolute atomic E-state index is 12.5. The number of hydrogen-bond donors (Lipinski definition) is 6. The van der Waals surface area contributed by atoms with Gasteiger partial charge in [-0.25, -0.2) is 0 Å². The summed E-state index contributed by atoms with van der Waals surface area (Å²) in [6, 6.07) is -3.46. The highest BCUT2D eigenvalue weighted by Crippen LogP contribution is 2.18. The molecule has 11 heteroatoms. The van der Waals surface area contributed by atoms with Gasteiger partial charge in [0.15, 0.2) is 0 Å². The number of hydrogen-bond acceptors (Lipinski definition) is 7.